The largest absolute Gasteiger partial charge is 0.573 e. The van der Waals surface area contributed by atoms with Crippen LogP contribution in [0.3, 0.4) is 0 Å². The van der Waals surface area contributed by atoms with Crippen molar-refractivity contribution in [3.63, 3.8) is 0 Å². The fraction of sp³-hybridized carbons (Fsp3) is 0.375. The first kappa shape index (κ1) is 12.3. The van der Waals surface area contributed by atoms with E-state index in [9.17, 15) is 13.2 Å². The van der Waals surface area contributed by atoms with Crippen LogP contribution in [-0.2, 0) is 0 Å². The predicted octanol–water partition coefficient (Wildman–Crippen LogP) is 2.90. The first-order valence-electron chi connectivity index (χ1n) is 3.80. The number of ether oxygens (including phenoxy) is 2. The van der Waals surface area contributed by atoms with Gasteiger partial charge in [0, 0.05) is 5.56 Å². The van der Waals surface area contributed by atoms with Gasteiger partial charge in [-0.1, -0.05) is 0 Å². The number of hydrogen-bond donors (Lipinski definition) is 0. The van der Waals surface area contributed by atoms with Crippen molar-refractivity contribution in [2.45, 2.75) is 13.3 Å². The molecule has 7 heteroatoms. The molecule has 0 saturated carbocycles. The fourth-order valence-electron chi connectivity index (χ4n) is 0.953. The third kappa shape index (κ3) is 3.40. The third-order valence-corrected chi connectivity index (χ3v) is 2.28. The van der Waals surface area contributed by atoms with Crippen LogP contribution in [0.25, 0.3) is 0 Å². The SMILES string of the molecule is COc1nc(I)c(OC(F)(F)F)cc1C. The van der Waals surface area contributed by atoms with Crippen LogP contribution in [0.2, 0.25) is 0 Å². The highest BCUT2D eigenvalue weighted by atomic mass is 127. The second-order valence-electron chi connectivity index (χ2n) is 2.65. The standard InChI is InChI=1S/C8H7F3INO2/c1-4-3-5(15-8(9,10)11)6(12)13-7(4)14-2/h3H,1-2H3. The molecule has 0 aliphatic heterocycles. The minimum Gasteiger partial charge on any atom is -0.481 e. The van der Waals surface area contributed by atoms with Crippen molar-refractivity contribution in [3.8, 4) is 11.6 Å². The number of rotatable bonds is 2. The summed E-state index contributed by atoms with van der Waals surface area (Å²) in [7, 11) is 1.40. The van der Waals surface area contributed by atoms with Gasteiger partial charge >= 0.3 is 6.36 Å². The van der Waals surface area contributed by atoms with E-state index in [1.165, 1.54) is 13.2 Å². The summed E-state index contributed by atoms with van der Waals surface area (Å²) in [5, 5.41) is 0. The molecule has 0 spiro atoms. The fourth-order valence-corrected chi connectivity index (χ4v) is 1.44. The number of alkyl halides is 3. The van der Waals surface area contributed by atoms with Crippen LogP contribution in [0.1, 0.15) is 5.56 Å². The average Bonchev–Trinajstić information content (AvgIpc) is 2.08. The van der Waals surface area contributed by atoms with Crippen molar-refractivity contribution >= 4 is 22.6 Å². The molecule has 0 bridgehead atoms. The topological polar surface area (TPSA) is 31.4 Å². The number of aryl methyl sites for hydroxylation is 1. The summed E-state index contributed by atoms with van der Waals surface area (Å²) >= 11 is 1.65. The van der Waals surface area contributed by atoms with Gasteiger partial charge < -0.3 is 9.47 Å². The van der Waals surface area contributed by atoms with Crippen molar-refractivity contribution in [1.29, 1.82) is 0 Å². The maximum absolute atomic E-state index is 12.0. The van der Waals surface area contributed by atoms with E-state index in [2.05, 4.69) is 9.72 Å². The molecule has 1 aromatic heterocycles. The van der Waals surface area contributed by atoms with E-state index in [4.69, 9.17) is 4.74 Å². The molecule has 0 atom stereocenters. The van der Waals surface area contributed by atoms with Gasteiger partial charge in [-0.15, -0.1) is 13.2 Å². The highest BCUT2D eigenvalue weighted by Gasteiger charge is 2.32. The van der Waals surface area contributed by atoms with Crippen LogP contribution in [0, 0.1) is 10.6 Å². The first-order valence-corrected chi connectivity index (χ1v) is 4.88. The Bertz CT molecular complexity index is 368. The Kier molecular flexibility index (Phi) is 3.63. The molecule has 15 heavy (non-hydrogen) atoms. The van der Waals surface area contributed by atoms with Crippen molar-refractivity contribution in [3.05, 3.63) is 15.3 Å². The molecule has 0 fully saturated rings. The molecule has 0 aliphatic rings. The first-order chi connectivity index (χ1) is 6.83. The Morgan fingerprint density at radius 3 is 2.47 bits per heavy atom. The summed E-state index contributed by atoms with van der Waals surface area (Å²) in [4.78, 5) is 3.81. The van der Waals surface area contributed by atoms with Crippen molar-refractivity contribution < 1.29 is 22.6 Å². The number of aromatic nitrogens is 1. The molecule has 1 aromatic rings. The Labute approximate surface area is 97.7 Å². The van der Waals surface area contributed by atoms with Gasteiger partial charge in [-0.2, -0.15) is 0 Å². The van der Waals surface area contributed by atoms with E-state index < -0.39 is 6.36 Å². The highest BCUT2D eigenvalue weighted by molar-refractivity contribution is 14.1. The lowest BCUT2D eigenvalue weighted by atomic mass is 10.3. The quantitative estimate of drug-likeness (QED) is 0.616. The lowest BCUT2D eigenvalue weighted by Gasteiger charge is -2.12. The molecule has 1 heterocycles. The van der Waals surface area contributed by atoms with Crippen LogP contribution in [0.5, 0.6) is 11.6 Å². The molecule has 1 rings (SSSR count). The zero-order valence-electron chi connectivity index (χ0n) is 7.85. The Morgan fingerprint density at radius 1 is 1.40 bits per heavy atom. The van der Waals surface area contributed by atoms with E-state index >= 15 is 0 Å². The van der Waals surface area contributed by atoms with Gasteiger partial charge in [0.25, 0.3) is 0 Å². The maximum Gasteiger partial charge on any atom is 0.573 e. The molecule has 0 aromatic carbocycles. The van der Waals surface area contributed by atoms with Crippen LogP contribution in [-0.4, -0.2) is 18.5 Å². The van der Waals surface area contributed by atoms with Gasteiger partial charge in [0.1, 0.15) is 3.70 Å². The lowest BCUT2D eigenvalue weighted by Crippen LogP contribution is -2.18. The molecule has 0 amide bonds. The average molecular weight is 333 g/mol. The van der Waals surface area contributed by atoms with Gasteiger partial charge in [0.2, 0.25) is 5.88 Å². The molecule has 0 aliphatic carbocycles. The molecule has 3 nitrogen and oxygen atoms in total. The van der Waals surface area contributed by atoms with Gasteiger partial charge in [-0.25, -0.2) is 4.98 Å². The number of halogens is 4. The predicted molar refractivity (Wildman–Crippen MR) is 54.9 cm³/mol. The molecule has 84 valence electrons. The monoisotopic (exact) mass is 333 g/mol. The van der Waals surface area contributed by atoms with Gasteiger partial charge in [-0.05, 0) is 35.6 Å². The molecule has 0 unspecified atom stereocenters. The van der Waals surface area contributed by atoms with Gasteiger partial charge in [0.15, 0.2) is 5.75 Å². The number of nitrogens with zero attached hydrogens (tertiary/aromatic N) is 1. The van der Waals surface area contributed by atoms with Crippen molar-refractivity contribution in [1.82, 2.24) is 4.98 Å². The van der Waals surface area contributed by atoms with Gasteiger partial charge in [-0.3, -0.25) is 0 Å². The van der Waals surface area contributed by atoms with Gasteiger partial charge in [0.05, 0.1) is 7.11 Å². The van der Waals surface area contributed by atoms with E-state index in [0.717, 1.165) is 0 Å². The third-order valence-electron chi connectivity index (χ3n) is 1.51. The molecule has 0 saturated heterocycles. The summed E-state index contributed by atoms with van der Waals surface area (Å²) in [6.45, 7) is 1.59. The second kappa shape index (κ2) is 4.42. The van der Waals surface area contributed by atoms with Crippen LogP contribution >= 0.6 is 22.6 Å². The molecular weight excluding hydrogens is 326 g/mol. The van der Waals surface area contributed by atoms with E-state index in [1.54, 1.807) is 29.5 Å². The summed E-state index contributed by atoms with van der Waals surface area (Å²) in [5.41, 5.74) is 0.483. The van der Waals surface area contributed by atoms with E-state index in [-0.39, 0.29) is 15.3 Å². The Balaban J connectivity index is 3.05. The number of methoxy groups -OCH3 is 1. The van der Waals surface area contributed by atoms with E-state index in [0.29, 0.717) is 5.56 Å². The zero-order valence-corrected chi connectivity index (χ0v) is 10.0. The number of hydrogen-bond acceptors (Lipinski definition) is 3. The maximum atomic E-state index is 12.0. The molecule has 0 radical (unpaired) electrons. The number of pyridine rings is 1. The Morgan fingerprint density at radius 2 is 2.00 bits per heavy atom. The van der Waals surface area contributed by atoms with Crippen molar-refractivity contribution in [2.75, 3.05) is 7.11 Å². The molecule has 0 N–H and O–H groups in total. The summed E-state index contributed by atoms with van der Waals surface area (Å²) in [6, 6.07) is 1.24. The van der Waals surface area contributed by atoms with Crippen molar-refractivity contribution in [2.24, 2.45) is 0 Å². The molecular formula is C8H7F3INO2. The lowest BCUT2D eigenvalue weighted by molar-refractivity contribution is -0.275. The normalized spacial score (nSPS) is 11.3. The smallest absolute Gasteiger partial charge is 0.481 e. The second-order valence-corrected chi connectivity index (χ2v) is 3.67. The Hall–Kier alpha value is -0.730. The van der Waals surface area contributed by atoms with Crippen LogP contribution < -0.4 is 9.47 Å². The van der Waals surface area contributed by atoms with E-state index in [1.807, 2.05) is 0 Å². The minimum absolute atomic E-state index is 0.104. The minimum atomic E-state index is -4.71. The van der Waals surface area contributed by atoms with Crippen LogP contribution in [0.4, 0.5) is 13.2 Å². The zero-order chi connectivity index (χ0) is 11.6. The summed E-state index contributed by atoms with van der Waals surface area (Å²) in [5.74, 6) is -0.0321. The highest BCUT2D eigenvalue weighted by Crippen LogP contribution is 2.30. The summed E-state index contributed by atoms with van der Waals surface area (Å²) in [6.07, 6.45) is -4.71. The van der Waals surface area contributed by atoms with Crippen LogP contribution in [0.15, 0.2) is 6.07 Å². The summed E-state index contributed by atoms with van der Waals surface area (Å²) < 4.78 is 44.6.